The first-order chi connectivity index (χ1) is 17.8. The van der Waals surface area contributed by atoms with Crippen LogP contribution in [0.4, 0.5) is 0 Å². The van der Waals surface area contributed by atoms with Crippen molar-refractivity contribution in [1.29, 1.82) is 5.26 Å². The Morgan fingerprint density at radius 1 is 1.11 bits per heavy atom. The zero-order valence-corrected chi connectivity index (χ0v) is 20.7. The molecule has 0 spiro atoms. The lowest BCUT2D eigenvalue weighted by Crippen LogP contribution is -2.56. The van der Waals surface area contributed by atoms with Crippen LogP contribution in [0.25, 0.3) is 0 Å². The molecule has 37 heavy (non-hydrogen) atoms. The van der Waals surface area contributed by atoms with Crippen LogP contribution in [0.3, 0.4) is 0 Å². The summed E-state index contributed by atoms with van der Waals surface area (Å²) in [5.74, 6) is -1.48. The van der Waals surface area contributed by atoms with Gasteiger partial charge in [-0.2, -0.15) is 18.4 Å². The summed E-state index contributed by atoms with van der Waals surface area (Å²) in [5.41, 5.74) is 2.05. The average Bonchev–Trinajstić information content (AvgIpc) is 3.57. The number of amides is 2. The third kappa shape index (κ3) is 6.42. The molecule has 1 aliphatic heterocycles. The first-order valence-corrected chi connectivity index (χ1v) is 13.3. The van der Waals surface area contributed by atoms with Crippen molar-refractivity contribution in [3.05, 3.63) is 95.4 Å². The number of hydrogen-bond donors (Lipinski definition) is 3. The van der Waals surface area contributed by atoms with Crippen LogP contribution < -0.4 is 15.2 Å². The van der Waals surface area contributed by atoms with Gasteiger partial charge in [-0.15, -0.1) is 0 Å². The molecule has 0 saturated carbocycles. The topological polar surface area (TPSA) is 159 Å². The maximum atomic E-state index is 14.0. The van der Waals surface area contributed by atoms with E-state index in [1.54, 1.807) is 0 Å². The summed E-state index contributed by atoms with van der Waals surface area (Å²) < 4.78 is 31.8. The third-order valence-corrected chi connectivity index (χ3v) is 6.86. The molecule has 0 aliphatic carbocycles. The maximum absolute atomic E-state index is 14.0. The Bertz CT molecular complexity index is 1350. The second-order valence-corrected chi connectivity index (χ2v) is 10.1. The van der Waals surface area contributed by atoms with Crippen molar-refractivity contribution < 1.29 is 22.4 Å². The molecule has 1 saturated heterocycles. The smallest absolute Gasteiger partial charge is 0.275 e. The molecular formula is C26H27N5O5S. The minimum atomic E-state index is -4.28. The quantitative estimate of drug-likeness (QED) is 0.389. The number of furan rings is 1. The number of nitrogens with zero attached hydrogens (tertiary/aromatic N) is 2. The Hall–Kier alpha value is -3.98. The van der Waals surface area contributed by atoms with Gasteiger partial charge >= 0.3 is 0 Å². The first kappa shape index (κ1) is 26.1. The zero-order valence-electron chi connectivity index (χ0n) is 19.9. The number of nitrogens with one attached hydrogen (secondary N) is 2. The normalized spacial score (nSPS) is 16.4. The van der Waals surface area contributed by atoms with Crippen molar-refractivity contribution in [1.82, 2.24) is 14.9 Å². The Labute approximate surface area is 215 Å². The van der Waals surface area contributed by atoms with E-state index in [1.165, 1.54) is 17.2 Å². The van der Waals surface area contributed by atoms with E-state index in [9.17, 15) is 18.0 Å². The van der Waals surface area contributed by atoms with Crippen LogP contribution >= 0.6 is 0 Å². The van der Waals surface area contributed by atoms with Crippen LogP contribution in [0, 0.1) is 11.3 Å². The van der Waals surface area contributed by atoms with Crippen molar-refractivity contribution >= 4 is 22.0 Å². The van der Waals surface area contributed by atoms with E-state index in [0.29, 0.717) is 24.9 Å². The number of carbonyl (C=O) groups is 2. The number of likely N-dealkylation sites (tertiary alicyclic amines) is 1. The lowest BCUT2D eigenvalue weighted by molar-refractivity contribution is -0.140. The fraction of sp³-hybridized carbons (Fsp3) is 0.269. The monoisotopic (exact) mass is 521 g/mol. The van der Waals surface area contributed by atoms with Gasteiger partial charge in [0, 0.05) is 24.6 Å². The molecule has 3 aromatic rings. The number of carbonyl (C=O) groups excluding carboxylic acids is 2. The molecule has 2 heterocycles. The van der Waals surface area contributed by atoms with E-state index in [-0.39, 0.29) is 18.2 Å². The van der Waals surface area contributed by atoms with Gasteiger partial charge in [0.1, 0.15) is 18.2 Å². The Kier molecular flexibility index (Phi) is 8.03. The highest BCUT2D eigenvalue weighted by molar-refractivity contribution is 7.87. The van der Waals surface area contributed by atoms with Gasteiger partial charge in [0.25, 0.3) is 10.2 Å². The second kappa shape index (κ2) is 11.4. The molecule has 1 aromatic heterocycles. The molecule has 192 valence electrons. The van der Waals surface area contributed by atoms with Crippen LogP contribution in [0.1, 0.15) is 41.2 Å². The van der Waals surface area contributed by atoms with Gasteiger partial charge in [-0.1, -0.05) is 60.7 Å². The van der Waals surface area contributed by atoms with Crippen LogP contribution in [0.15, 0.2) is 77.4 Å². The van der Waals surface area contributed by atoms with Gasteiger partial charge in [-0.3, -0.25) is 9.59 Å². The predicted molar refractivity (Wildman–Crippen MR) is 135 cm³/mol. The third-order valence-electron chi connectivity index (χ3n) is 6.28. The molecule has 2 atom stereocenters. The van der Waals surface area contributed by atoms with E-state index in [2.05, 4.69) is 10.0 Å². The molecule has 1 aliphatic rings. The Morgan fingerprint density at radius 3 is 2.27 bits per heavy atom. The molecule has 0 unspecified atom stereocenters. The van der Waals surface area contributed by atoms with E-state index in [1.807, 2.05) is 66.7 Å². The second-order valence-electron chi connectivity index (χ2n) is 8.78. The van der Waals surface area contributed by atoms with Crippen molar-refractivity contribution in [3.8, 4) is 6.07 Å². The fourth-order valence-corrected chi connectivity index (χ4v) is 5.24. The molecule has 2 aromatic carbocycles. The highest BCUT2D eigenvalue weighted by Crippen LogP contribution is 2.31. The molecule has 10 nitrogen and oxygen atoms in total. The Morgan fingerprint density at radius 2 is 1.73 bits per heavy atom. The summed E-state index contributed by atoms with van der Waals surface area (Å²) in [6, 6.07) is 19.5. The highest BCUT2D eigenvalue weighted by Gasteiger charge is 2.42. The molecule has 0 bridgehead atoms. The van der Waals surface area contributed by atoms with Gasteiger partial charge in [-0.05, 0) is 30.0 Å². The van der Waals surface area contributed by atoms with Crippen molar-refractivity contribution in [2.75, 3.05) is 6.54 Å². The molecule has 4 N–H and O–H groups in total. The minimum Gasteiger partial charge on any atom is -0.454 e. The Balaban J connectivity index is 1.62. The van der Waals surface area contributed by atoms with E-state index in [4.69, 9.17) is 14.8 Å². The molecule has 1 fully saturated rings. The van der Waals surface area contributed by atoms with Crippen LogP contribution in [0.2, 0.25) is 0 Å². The van der Waals surface area contributed by atoms with E-state index < -0.39 is 34.1 Å². The zero-order chi connectivity index (χ0) is 26.4. The largest absolute Gasteiger partial charge is 0.454 e. The van der Waals surface area contributed by atoms with Gasteiger partial charge in [0.05, 0.1) is 6.26 Å². The number of nitriles is 1. The van der Waals surface area contributed by atoms with Crippen molar-refractivity contribution in [3.63, 3.8) is 0 Å². The molecule has 2 amide bonds. The maximum Gasteiger partial charge on any atom is 0.275 e. The summed E-state index contributed by atoms with van der Waals surface area (Å²) in [6.07, 6.45) is 2.39. The predicted octanol–water partition coefficient (Wildman–Crippen LogP) is 1.75. The van der Waals surface area contributed by atoms with Crippen LogP contribution in [-0.2, 0) is 26.3 Å². The van der Waals surface area contributed by atoms with Crippen LogP contribution in [-0.4, -0.2) is 43.8 Å². The fourth-order valence-electron chi connectivity index (χ4n) is 4.65. The molecular weight excluding hydrogens is 494 g/mol. The summed E-state index contributed by atoms with van der Waals surface area (Å²) in [6.45, 7) is 0.415. The molecule has 4 rings (SSSR count). The summed E-state index contributed by atoms with van der Waals surface area (Å²) in [5, 5.41) is 17.0. The van der Waals surface area contributed by atoms with Crippen molar-refractivity contribution in [2.45, 2.75) is 37.4 Å². The summed E-state index contributed by atoms with van der Waals surface area (Å²) in [7, 11) is -4.28. The van der Waals surface area contributed by atoms with E-state index in [0.717, 1.165) is 11.1 Å². The lowest BCUT2D eigenvalue weighted by atomic mass is 9.84. The molecule has 0 radical (unpaired) electrons. The van der Waals surface area contributed by atoms with Gasteiger partial charge in [0.15, 0.2) is 0 Å². The first-order valence-electron chi connectivity index (χ1n) is 11.7. The number of nitrogens with two attached hydrogens (primary N) is 1. The van der Waals surface area contributed by atoms with Gasteiger partial charge < -0.3 is 14.6 Å². The molecule has 11 heteroatoms. The van der Waals surface area contributed by atoms with E-state index >= 15 is 0 Å². The van der Waals surface area contributed by atoms with Crippen LogP contribution in [0.5, 0.6) is 0 Å². The number of benzene rings is 2. The summed E-state index contributed by atoms with van der Waals surface area (Å²) >= 11 is 0. The number of hydrogen-bond acceptors (Lipinski definition) is 6. The summed E-state index contributed by atoms with van der Waals surface area (Å²) in [4.78, 5) is 28.4. The van der Waals surface area contributed by atoms with Crippen molar-refractivity contribution in [2.24, 2.45) is 5.14 Å². The SMILES string of the molecule is N#Cc1cc(CNC(=O)[C@@H]2CCCN2C(=O)[C@H](NS(N)(=O)=O)C(c2ccccc2)c2ccccc2)co1. The highest BCUT2D eigenvalue weighted by atomic mass is 32.2. The lowest BCUT2D eigenvalue weighted by Gasteiger charge is -2.33. The average molecular weight is 522 g/mol. The number of rotatable bonds is 9. The van der Waals surface area contributed by atoms with Gasteiger partial charge in [-0.25, -0.2) is 5.14 Å². The van der Waals surface area contributed by atoms with Gasteiger partial charge in [0.2, 0.25) is 17.6 Å². The standard InChI is InChI=1S/C26H27N5O5S/c27-15-21-14-18(17-36-21)16-29-25(32)22-12-7-13-31(22)26(33)24(30-37(28,34)35)23(19-8-3-1-4-9-19)20-10-5-2-6-11-20/h1-6,8-11,14,17,22-24,30H,7,12-13,16H2,(H,29,32)(H2,28,34,35)/t22-,24+/m0/s1. The minimum absolute atomic E-state index is 0.123.